The highest BCUT2D eigenvalue weighted by atomic mass is 35.5. The van der Waals surface area contributed by atoms with Gasteiger partial charge < -0.3 is 10.1 Å². The van der Waals surface area contributed by atoms with Crippen LogP contribution < -0.4 is 5.32 Å². The monoisotopic (exact) mass is 257 g/mol. The molecule has 1 saturated heterocycles. The number of hydrogen-bond acceptors (Lipinski definition) is 2. The predicted molar refractivity (Wildman–Crippen MR) is 66.6 cm³/mol. The minimum absolute atomic E-state index is 0.155. The number of hydrogen-bond donors (Lipinski definition) is 1. The third kappa shape index (κ3) is 3.41. The summed E-state index contributed by atoms with van der Waals surface area (Å²) in [5.41, 5.74) is 0.523. The molecule has 4 heteroatoms. The van der Waals surface area contributed by atoms with Gasteiger partial charge in [-0.2, -0.15) is 0 Å². The Balaban J connectivity index is 1.94. The van der Waals surface area contributed by atoms with E-state index in [1.165, 1.54) is 6.07 Å². The molecule has 0 bridgehead atoms. The highest BCUT2D eigenvalue weighted by Gasteiger charge is 2.21. The highest BCUT2D eigenvalue weighted by Crippen LogP contribution is 2.19. The first-order valence-electron chi connectivity index (χ1n) is 5.93. The van der Waals surface area contributed by atoms with Crippen LogP contribution in [0.4, 0.5) is 4.39 Å². The zero-order chi connectivity index (χ0) is 12.3. The van der Waals surface area contributed by atoms with Gasteiger partial charge in [-0.1, -0.05) is 18.5 Å². The summed E-state index contributed by atoms with van der Waals surface area (Å²) in [5.74, 6) is 0.254. The van der Waals surface area contributed by atoms with Gasteiger partial charge in [0.2, 0.25) is 0 Å². The van der Waals surface area contributed by atoms with E-state index in [-0.39, 0.29) is 18.5 Å². The van der Waals surface area contributed by atoms with Crippen molar-refractivity contribution < 1.29 is 9.13 Å². The van der Waals surface area contributed by atoms with Crippen molar-refractivity contribution in [2.45, 2.75) is 26.1 Å². The van der Waals surface area contributed by atoms with Crippen molar-refractivity contribution in [3.05, 3.63) is 34.6 Å². The smallest absolute Gasteiger partial charge is 0.128 e. The first-order valence-corrected chi connectivity index (χ1v) is 6.31. The van der Waals surface area contributed by atoms with E-state index in [1.54, 1.807) is 12.1 Å². The van der Waals surface area contributed by atoms with Gasteiger partial charge in [-0.15, -0.1) is 0 Å². The first kappa shape index (κ1) is 12.8. The van der Waals surface area contributed by atoms with Gasteiger partial charge in [0.1, 0.15) is 5.82 Å². The van der Waals surface area contributed by atoms with Crippen LogP contribution in [0.15, 0.2) is 18.2 Å². The van der Waals surface area contributed by atoms with Crippen LogP contribution in [0.1, 0.15) is 18.9 Å². The van der Waals surface area contributed by atoms with E-state index < -0.39 is 0 Å². The lowest BCUT2D eigenvalue weighted by molar-refractivity contribution is -0.00765. The second-order valence-electron chi connectivity index (χ2n) is 4.56. The fraction of sp³-hybridized carbons (Fsp3) is 0.538. The Morgan fingerprint density at radius 2 is 2.35 bits per heavy atom. The molecule has 1 aliphatic heterocycles. The van der Waals surface area contributed by atoms with Crippen molar-refractivity contribution in [3.8, 4) is 0 Å². The summed E-state index contributed by atoms with van der Waals surface area (Å²) in [4.78, 5) is 0. The molecule has 1 aromatic carbocycles. The summed E-state index contributed by atoms with van der Waals surface area (Å²) < 4.78 is 19.2. The van der Waals surface area contributed by atoms with E-state index in [9.17, 15) is 4.39 Å². The molecule has 0 aliphatic carbocycles. The maximum absolute atomic E-state index is 13.5. The number of benzene rings is 1. The average molecular weight is 258 g/mol. The van der Waals surface area contributed by atoms with Crippen molar-refractivity contribution >= 4 is 11.6 Å². The minimum Gasteiger partial charge on any atom is -0.372 e. The molecule has 1 aromatic rings. The molecule has 2 unspecified atom stereocenters. The maximum atomic E-state index is 13.5. The van der Waals surface area contributed by atoms with Gasteiger partial charge in [0, 0.05) is 17.1 Å². The summed E-state index contributed by atoms with van der Waals surface area (Å²) in [7, 11) is 0. The molecule has 1 N–H and O–H groups in total. The number of piperidine rings is 1. The Hall–Kier alpha value is -0.640. The van der Waals surface area contributed by atoms with Crippen molar-refractivity contribution in [1.82, 2.24) is 5.32 Å². The Labute approximate surface area is 106 Å². The Morgan fingerprint density at radius 1 is 1.53 bits per heavy atom. The Bertz CT molecular complexity index is 386. The maximum Gasteiger partial charge on any atom is 0.128 e. The van der Waals surface area contributed by atoms with E-state index in [0.717, 1.165) is 19.5 Å². The molecule has 0 radical (unpaired) electrons. The summed E-state index contributed by atoms with van der Waals surface area (Å²) in [5, 5.41) is 3.82. The predicted octanol–water partition coefficient (Wildman–Crippen LogP) is 2.99. The molecule has 0 amide bonds. The minimum atomic E-state index is -0.258. The van der Waals surface area contributed by atoms with Gasteiger partial charge in [0.25, 0.3) is 0 Å². The fourth-order valence-electron chi connectivity index (χ4n) is 2.04. The molecule has 2 nitrogen and oxygen atoms in total. The molecule has 0 saturated carbocycles. The van der Waals surface area contributed by atoms with Crippen LogP contribution in [-0.4, -0.2) is 19.2 Å². The molecule has 1 heterocycles. The largest absolute Gasteiger partial charge is 0.372 e. The quantitative estimate of drug-likeness (QED) is 0.899. The summed E-state index contributed by atoms with van der Waals surface area (Å²) in [6.07, 6.45) is 1.25. The van der Waals surface area contributed by atoms with Gasteiger partial charge >= 0.3 is 0 Å². The van der Waals surface area contributed by atoms with Crippen molar-refractivity contribution in [1.29, 1.82) is 0 Å². The third-order valence-electron chi connectivity index (χ3n) is 3.22. The number of halogens is 2. The van der Waals surface area contributed by atoms with Crippen LogP contribution in [-0.2, 0) is 11.3 Å². The van der Waals surface area contributed by atoms with Crippen molar-refractivity contribution in [2.75, 3.05) is 13.1 Å². The number of rotatable bonds is 3. The summed E-state index contributed by atoms with van der Waals surface area (Å²) >= 11 is 5.83. The molecule has 1 fully saturated rings. The van der Waals surface area contributed by atoms with E-state index in [2.05, 4.69) is 12.2 Å². The molecule has 1 aliphatic rings. The van der Waals surface area contributed by atoms with E-state index in [4.69, 9.17) is 16.3 Å². The molecule has 0 spiro atoms. The molecular formula is C13H17ClFNO. The topological polar surface area (TPSA) is 21.3 Å². The molecule has 2 atom stereocenters. The summed E-state index contributed by atoms with van der Waals surface area (Å²) in [6, 6.07) is 4.55. The lowest BCUT2D eigenvalue weighted by Gasteiger charge is -2.29. The normalized spacial score (nSPS) is 24.9. The van der Waals surface area contributed by atoms with Crippen LogP contribution in [0, 0.1) is 11.7 Å². The highest BCUT2D eigenvalue weighted by molar-refractivity contribution is 6.30. The lowest BCUT2D eigenvalue weighted by atomic mass is 9.97. The standard InChI is InChI=1S/C13H17ClFNO/c1-9-4-5-16-7-13(9)17-8-10-6-11(14)2-3-12(10)15/h2-3,6,9,13,16H,4-5,7-8H2,1H3. The van der Waals surface area contributed by atoms with Crippen LogP contribution in [0.2, 0.25) is 5.02 Å². The second kappa shape index (κ2) is 5.80. The summed E-state index contributed by atoms with van der Waals surface area (Å²) in [6.45, 7) is 4.32. The van der Waals surface area contributed by atoms with Crippen LogP contribution in [0.5, 0.6) is 0 Å². The van der Waals surface area contributed by atoms with Gasteiger partial charge in [-0.25, -0.2) is 4.39 Å². The lowest BCUT2D eigenvalue weighted by Crippen LogP contribution is -2.40. The van der Waals surface area contributed by atoms with Crippen LogP contribution in [0.3, 0.4) is 0 Å². The van der Waals surface area contributed by atoms with E-state index >= 15 is 0 Å². The van der Waals surface area contributed by atoms with Gasteiger partial charge in [-0.3, -0.25) is 0 Å². The molecule has 0 aromatic heterocycles. The molecule has 2 rings (SSSR count). The molecular weight excluding hydrogens is 241 g/mol. The fourth-order valence-corrected chi connectivity index (χ4v) is 2.23. The van der Waals surface area contributed by atoms with Crippen LogP contribution in [0.25, 0.3) is 0 Å². The molecule has 17 heavy (non-hydrogen) atoms. The van der Waals surface area contributed by atoms with Crippen molar-refractivity contribution in [3.63, 3.8) is 0 Å². The third-order valence-corrected chi connectivity index (χ3v) is 3.45. The van der Waals surface area contributed by atoms with E-state index in [1.807, 2.05) is 0 Å². The van der Waals surface area contributed by atoms with Gasteiger partial charge in [0.05, 0.1) is 12.7 Å². The SMILES string of the molecule is CC1CCNCC1OCc1cc(Cl)ccc1F. The first-order chi connectivity index (χ1) is 8.16. The van der Waals surface area contributed by atoms with Crippen LogP contribution >= 0.6 is 11.6 Å². The number of ether oxygens (including phenoxy) is 1. The van der Waals surface area contributed by atoms with Gasteiger partial charge in [-0.05, 0) is 37.1 Å². The average Bonchev–Trinajstić information content (AvgIpc) is 2.32. The van der Waals surface area contributed by atoms with Gasteiger partial charge in [0.15, 0.2) is 0 Å². The molecule has 94 valence electrons. The zero-order valence-electron chi connectivity index (χ0n) is 9.88. The van der Waals surface area contributed by atoms with E-state index in [0.29, 0.717) is 16.5 Å². The Kier molecular flexibility index (Phi) is 4.37. The number of nitrogens with one attached hydrogen (secondary N) is 1. The second-order valence-corrected chi connectivity index (χ2v) is 4.99. The zero-order valence-corrected chi connectivity index (χ0v) is 10.6. The Morgan fingerprint density at radius 3 is 3.12 bits per heavy atom. The van der Waals surface area contributed by atoms with Crippen molar-refractivity contribution in [2.24, 2.45) is 5.92 Å².